The second-order valence-electron chi connectivity index (χ2n) is 4.28. The second-order valence-corrected chi connectivity index (χ2v) is 4.28. The van der Waals surface area contributed by atoms with Crippen LogP contribution in [0.2, 0.25) is 0 Å². The minimum absolute atomic E-state index is 0. The van der Waals surface area contributed by atoms with Crippen LogP contribution in [0.15, 0.2) is 24.5 Å². The van der Waals surface area contributed by atoms with Gasteiger partial charge in [-0.25, -0.2) is 4.98 Å². The number of aromatic nitrogens is 4. The first-order valence-electron chi connectivity index (χ1n) is 5.99. The van der Waals surface area contributed by atoms with Crippen molar-refractivity contribution in [1.29, 1.82) is 0 Å². The van der Waals surface area contributed by atoms with E-state index in [-0.39, 0.29) is 24.8 Å². The molecule has 0 aromatic carbocycles. The van der Waals surface area contributed by atoms with Gasteiger partial charge in [0.25, 0.3) is 0 Å². The van der Waals surface area contributed by atoms with E-state index >= 15 is 0 Å². The third kappa shape index (κ3) is 3.65. The summed E-state index contributed by atoms with van der Waals surface area (Å²) in [6, 6.07) is 4.16. The first-order chi connectivity index (χ1) is 8.43. The third-order valence-corrected chi connectivity index (χ3v) is 3.08. The first kappa shape index (κ1) is 15.9. The predicted octanol–water partition coefficient (Wildman–Crippen LogP) is 2.52. The average Bonchev–Trinajstić information content (AvgIpc) is 2.90. The van der Waals surface area contributed by atoms with Gasteiger partial charge in [-0.05, 0) is 31.5 Å². The van der Waals surface area contributed by atoms with Crippen molar-refractivity contribution in [3.63, 3.8) is 0 Å². The number of hydrogen-bond donors (Lipinski definition) is 2. The molecule has 0 amide bonds. The fourth-order valence-electron chi connectivity index (χ4n) is 2.15. The van der Waals surface area contributed by atoms with E-state index in [0.717, 1.165) is 30.2 Å². The lowest BCUT2D eigenvalue weighted by atomic mass is 10.0. The Morgan fingerprint density at radius 3 is 2.58 bits per heavy atom. The molecule has 1 unspecified atom stereocenters. The quantitative estimate of drug-likeness (QED) is 0.894. The van der Waals surface area contributed by atoms with E-state index < -0.39 is 0 Å². The predicted molar refractivity (Wildman–Crippen MR) is 78.7 cm³/mol. The number of pyridine rings is 1. The molecule has 0 aliphatic carbocycles. The Labute approximate surface area is 124 Å². The van der Waals surface area contributed by atoms with Crippen molar-refractivity contribution in [1.82, 2.24) is 25.5 Å². The summed E-state index contributed by atoms with van der Waals surface area (Å²) in [6.45, 7) is 1.07. The highest BCUT2D eigenvalue weighted by molar-refractivity contribution is 5.85. The third-order valence-electron chi connectivity index (χ3n) is 3.08. The van der Waals surface area contributed by atoms with E-state index in [4.69, 9.17) is 0 Å². The fraction of sp³-hybridized carbons (Fsp3) is 0.417. The zero-order valence-corrected chi connectivity index (χ0v) is 12.0. The lowest BCUT2D eigenvalue weighted by Crippen LogP contribution is -2.27. The van der Waals surface area contributed by atoms with Crippen molar-refractivity contribution in [2.75, 3.05) is 6.54 Å². The summed E-state index contributed by atoms with van der Waals surface area (Å²) in [5.74, 6) is 1.69. The summed E-state index contributed by atoms with van der Waals surface area (Å²) in [6.07, 6.45) is 7.14. The van der Waals surface area contributed by atoms with Crippen LogP contribution in [0.3, 0.4) is 0 Å². The molecule has 1 fully saturated rings. The monoisotopic (exact) mass is 301 g/mol. The van der Waals surface area contributed by atoms with Crippen LogP contribution in [-0.2, 0) is 0 Å². The molecule has 1 aliphatic rings. The van der Waals surface area contributed by atoms with E-state index in [1.165, 1.54) is 12.8 Å². The Hall–Kier alpha value is -1.17. The SMILES string of the molecule is Cl.Cl.c1cc(-c2n[nH]c(C3CCCCN3)n2)ccn1. The van der Waals surface area contributed by atoms with Crippen molar-refractivity contribution in [3.8, 4) is 11.4 Å². The topological polar surface area (TPSA) is 66.5 Å². The van der Waals surface area contributed by atoms with Crippen LogP contribution in [-0.4, -0.2) is 26.7 Å². The fourth-order valence-corrected chi connectivity index (χ4v) is 2.15. The molecule has 3 heterocycles. The number of hydrogen-bond acceptors (Lipinski definition) is 4. The van der Waals surface area contributed by atoms with Gasteiger partial charge in [0.05, 0.1) is 6.04 Å². The molecular weight excluding hydrogens is 285 g/mol. The molecule has 5 nitrogen and oxygen atoms in total. The highest BCUT2D eigenvalue weighted by atomic mass is 35.5. The van der Waals surface area contributed by atoms with Gasteiger partial charge >= 0.3 is 0 Å². The zero-order valence-electron chi connectivity index (χ0n) is 10.4. The molecule has 3 rings (SSSR count). The molecule has 2 N–H and O–H groups in total. The van der Waals surface area contributed by atoms with Gasteiger partial charge in [-0.15, -0.1) is 24.8 Å². The van der Waals surface area contributed by atoms with Gasteiger partial charge in [-0.2, -0.15) is 5.10 Å². The molecule has 1 atom stereocenters. The van der Waals surface area contributed by atoms with Gasteiger partial charge in [0.2, 0.25) is 0 Å². The maximum atomic E-state index is 4.55. The standard InChI is InChI=1S/C12H15N5.2ClH/c1-2-6-14-10(3-1)12-15-11(16-17-12)9-4-7-13-8-5-9;;/h4-5,7-8,10,14H,1-3,6H2,(H,15,16,17);2*1H. The van der Waals surface area contributed by atoms with Crippen LogP contribution >= 0.6 is 24.8 Å². The summed E-state index contributed by atoms with van der Waals surface area (Å²) in [4.78, 5) is 8.54. The summed E-state index contributed by atoms with van der Waals surface area (Å²) in [5.41, 5.74) is 0.998. The van der Waals surface area contributed by atoms with Crippen molar-refractivity contribution < 1.29 is 0 Å². The summed E-state index contributed by atoms with van der Waals surface area (Å²) in [7, 11) is 0. The molecule has 104 valence electrons. The van der Waals surface area contributed by atoms with Crippen molar-refractivity contribution in [2.45, 2.75) is 25.3 Å². The lowest BCUT2D eigenvalue weighted by Gasteiger charge is -2.20. The summed E-state index contributed by atoms with van der Waals surface area (Å²) >= 11 is 0. The maximum absolute atomic E-state index is 4.55. The molecule has 0 bridgehead atoms. The van der Waals surface area contributed by atoms with Gasteiger partial charge in [0.15, 0.2) is 5.82 Å². The van der Waals surface area contributed by atoms with Gasteiger partial charge < -0.3 is 5.32 Å². The maximum Gasteiger partial charge on any atom is 0.181 e. The molecular formula is C12H17Cl2N5. The van der Waals surface area contributed by atoms with E-state index in [1.54, 1.807) is 12.4 Å². The minimum Gasteiger partial charge on any atom is -0.307 e. The van der Waals surface area contributed by atoms with Crippen LogP contribution in [0.5, 0.6) is 0 Å². The number of piperidine rings is 1. The minimum atomic E-state index is 0. The molecule has 0 spiro atoms. The molecule has 7 heteroatoms. The molecule has 2 aromatic rings. The number of nitrogens with zero attached hydrogens (tertiary/aromatic N) is 3. The Balaban J connectivity index is 0.000000902. The number of rotatable bonds is 2. The van der Waals surface area contributed by atoms with Crippen LogP contribution in [0.4, 0.5) is 0 Å². The Bertz CT molecular complexity index is 482. The second kappa shape index (κ2) is 7.43. The summed E-state index contributed by atoms with van der Waals surface area (Å²) < 4.78 is 0. The number of H-pyrrole nitrogens is 1. The number of aromatic amines is 1. The molecule has 19 heavy (non-hydrogen) atoms. The highest BCUT2D eigenvalue weighted by Crippen LogP contribution is 2.21. The van der Waals surface area contributed by atoms with Gasteiger partial charge in [0, 0.05) is 18.0 Å². The van der Waals surface area contributed by atoms with Crippen LogP contribution in [0, 0.1) is 0 Å². The number of halogens is 2. The Morgan fingerprint density at radius 2 is 1.89 bits per heavy atom. The van der Waals surface area contributed by atoms with Gasteiger partial charge in [-0.3, -0.25) is 10.1 Å². The molecule has 1 saturated heterocycles. The summed E-state index contributed by atoms with van der Waals surface area (Å²) in [5, 5.41) is 10.7. The van der Waals surface area contributed by atoms with Gasteiger partial charge in [-0.1, -0.05) is 6.42 Å². The average molecular weight is 302 g/mol. The molecule has 1 aliphatic heterocycles. The van der Waals surface area contributed by atoms with E-state index in [1.807, 2.05) is 12.1 Å². The lowest BCUT2D eigenvalue weighted by molar-refractivity contribution is 0.398. The van der Waals surface area contributed by atoms with E-state index in [2.05, 4.69) is 25.5 Å². The molecule has 2 aromatic heterocycles. The number of nitrogens with one attached hydrogen (secondary N) is 2. The molecule has 0 radical (unpaired) electrons. The van der Waals surface area contributed by atoms with E-state index in [0.29, 0.717) is 6.04 Å². The zero-order chi connectivity index (χ0) is 11.5. The molecule has 0 saturated carbocycles. The largest absolute Gasteiger partial charge is 0.307 e. The highest BCUT2D eigenvalue weighted by Gasteiger charge is 2.18. The van der Waals surface area contributed by atoms with Gasteiger partial charge in [0.1, 0.15) is 5.82 Å². The smallest absolute Gasteiger partial charge is 0.181 e. The first-order valence-corrected chi connectivity index (χ1v) is 5.99. The Kier molecular flexibility index (Phi) is 6.21. The van der Waals surface area contributed by atoms with E-state index in [9.17, 15) is 0 Å². The van der Waals surface area contributed by atoms with Crippen molar-refractivity contribution in [3.05, 3.63) is 30.4 Å². The van der Waals surface area contributed by atoms with Crippen molar-refractivity contribution >= 4 is 24.8 Å². The Morgan fingerprint density at radius 1 is 1.11 bits per heavy atom. The van der Waals surface area contributed by atoms with Crippen LogP contribution in [0.1, 0.15) is 31.1 Å². The van der Waals surface area contributed by atoms with Crippen LogP contribution < -0.4 is 5.32 Å². The van der Waals surface area contributed by atoms with Crippen LogP contribution in [0.25, 0.3) is 11.4 Å². The van der Waals surface area contributed by atoms with Crippen molar-refractivity contribution in [2.24, 2.45) is 0 Å². The normalized spacial score (nSPS) is 18.2.